The van der Waals surface area contributed by atoms with Crippen LogP contribution in [0.4, 0.5) is 0 Å². The van der Waals surface area contributed by atoms with Gasteiger partial charge in [0.05, 0.1) is 19.3 Å². The third kappa shape index (κ3) is 5.22. The zero-order valence-corrected chi connectivity index (χ0v) is 17.8. The summed E-state index contributed by atoms with van der Waals surface area (Å²) in [6, 6.07) is 7.61. The molecule has 2 aromatic rings. The third-order valence-electron chi connectivity index (χ3n) is 5.81. The number of ether oxygens (including phenoxy) is 2. The first-order valence-corrected chi connectivity index (χ1v) is 10.6. The molecule has 1 spiro atoms. The maximum Gasteiger partial charge on any atom is 0.251 e. The predicted molar refractivity (Wildman–Crippen MR) is 113 cm³/mol. The molecule has 30 heavy (non-hydrogen) atoms. The van der Waals surface area contributed by atoms with Crippen LogP contribution in [-0.2, 0) is 16.0 Å². The van der Waals surface area contributed by atoms with Crippen molar-refractivity contribution in [3.05, 3.63) is 59.2 Å². The minimum absolute atomic E-state index is 0.00524. The fourth-order valence-electron chi connectivity index (χ4n) is 4.15. The molecule has 3 heterocycles. The van der Waals surface area contributed by atoms with Gasteiger partial charge < -0.3 is 14.8 Å². The number of hydrogen-bond donors (Lipinski definition) is 1. The second kappa shape index (κ2) is 9.20. The number of amides is 1. The van der Waals surface area contributed by atoms with Crippen molar-refractivity contribution in [3.8, 4) is 0 Å². The van der Waals surface area contributed by atoms with E-state index >= 15 is 0 Å². The van der Waals surface area contributed by atoms with E-state index in [1.54, 1.807) is 0 Å². The summed E-state index contributed by atoms with van der Waals surface area (Å²) >= 11 is 0. The van der Waals surface area contributed by atoms with E-state index in [9.17, 15) is 4.79 Å². The molecule has 0 bridgehead atoms. The fourth-order valence-corrected chi connectivity index (χ4v) is 4.15. The summed E-state index contributed by atoms with van der Waals surface area (Å²) < 4.78 is 12.3. The Morgan fingerprint density at radius 2 is 2.00 bits per heavy atom. The molecule has 0 saturated carbocycles. The highest BCUT2D eigenvalue weighted by Crippen LogP contribution is 2.33. The van der Waals surface area contributed by atoms with Crippen molar-refractivity contribution in [2.24, 2.45) is 0 Å². The van der Waals surface area contributed by atoms with Crippen LogP contribution < -0.4 is 5.32 Å². The summed E-state index contributed by atoms with van der Waals surface area (Å²) in [5, 5.41) is 3.02. The lowest BCUT2D eigenvalue weighted by atomic mass is 10.00. The number of aromatic nitrogens is 2. The lowest BCUT2D eigenvalue weighted by Gasteiger charge is -2.32. The van der Waals surface area contributed by atoms with E-state index in [4.69, 9.17) is 9.47 Å². The van der Waals surface area contributed by atoms with Crippen LogP contribution in [-0.4, -0.2) is 65.3 Å². The number of carbonyl (C=O) groups excluding carboxylic acids is 1. The highest BCUT2D eigenvalue weighted by atomic mass is 16.6. The van der Waals surface area contributed by atoms with Crippen molar-refractivity contribution in [3.63, 3.8) is 0 Å². The zero-order valence-electron chi connectivity index (χ0n) is 17.8. The number of nitrogens with one attached hydrogen (secondary N) is 1. The average Bonchev–Trinajstić information content (AvgIpc) is 3.03. The van der Waals surface area contributed by atoms with Gasteiger partial charge in [0, 0.05) is 49.7 Å². The van der Waals surface area contributed by atoms with E-state index in [1.165, 1.54) is 0 Å². The quantitative estimate of drug-likeness (QED) is 0.815. The second-order valence-electron chi connectivity index (χ2n) is 8.44. The molecule has 0 aliphatic carbocycles. The van der Waals surface area contributed by atoms with Crippen LogP contribution in [0.1, 0.15) is 40.2 Å². The molecule has 4 rings (SSSR count). The van der Waals surface area contributed by atoms with Crippen molar-refractivity contribution in [1.82, 2.24) is 20.2 Å². The SMILES string of the molecule is Cc1ccc(C(=O)NC[C@H]2CC[C@]3(COCCN(Cc4cnc(C)nc4)C3)O2)cc1. The summed E-state index contributed by atoms with van der Waals surface area (Å²) in [6.07, 6.45) is 5.63. The van der Waals surface area contributed by atoms with Crippen LogP contribution in [0.2, 0.25) is 0 Å². The summed E-state index contributed by atoms with van der Waals surface area (Å²) in [6.45, 7) is 8.14. The van der Waals surface area contributed by atoms with Crippen LogP contribution >= 0.6 is 0 Å². The first kappa shape index (κ1) is 20.9. The normalized spacial score (nSPS) is 24.7. The summed E-state index contributed by atoms with van der Waals surface area (Å²) in [5.74, 6) is 0.724. The Balaban J connectivity index is 1.32. The minimum Gasteiger partial charge on any atom is -0.377 e. The largest absolute Gasteiger partial charge is 0.377 e. The van der Waals surface area contributed by atoms with Crippen LogP contribution in [0.25, 0.3) is 0 Å². The highest BCUT2D eigenvalue weighted by molar-refractivity contribution is 5.94. The molecule has 2 aliphatic heterocycles. The molecule has 2 atom stereocenters. The first-order chi connectivity index (χ1) is 14.5. The van der Waals surface area contributed by atoms with Crippen LogP contribution in [0.15, 0.2) is 36.7 Å². The molecule has 0 radical (unpaired) electrons. The molecule has 2 aliphatic rings. The second-order valence-corrected chi connectivity index (χ2v) is 8.44. The monoisotopic (exact) mass is 410 g/mol. The number of nitrogens with zero attached hydrogens (tertiary/aromatic N) is 3. The zero-order chi connectivity index (χ0) is 21.0. The first-order valence-electron chi connectivity index (χ1n) is 10.6. The lowest BCUT2D eigenvalue weighted by molar-refractivity contribution is -0.0849. The lowest BCUT2D eigenvalue weighted by Crippen LogP contribution is -2.45. The van der Waals surface area contributed by atoms with Crippen LogP contribution in [0.5, 0.6) is 0 Å². The number of benzene rings is 1. The van der Waals surface area contributed by atoms with E-state index < -0.39 is 0 Å². The van der Waals surface area contributed by atoms with Gasteiger partial charge in [-0.3, -0.25) is 9.69 Å². The van der Waals surface area contributed by atoms with Gasteiger partial charge in [-0.15, -0.1) is 0 Å². The Labute approximate surface area is 177 Å². The molecule has 1 aromatic heterocycles. The van der Waals surface area contributed by atoms with Crippen molar-refractivity contribution < 1.29 is 14.3 Å². The fraction of sp³-hybridized carbons (Fsp3) is 0.522. The predicted octanol–water partition coefficient (Wildman–Crippen LogP) is 2.27. The summed E-state index contributed by atoms with van der Waals surface area (Å²) in [7, 11) is 0. The van der Waals surface area contributed by atoms with Gasteiger partial charge in [-0.05, 0) is 38.8 Å². The molecule has 160 valence electrons. The van der Waals surface area contributed by atoms with E-state index in [2.05, 4.69) is 20.2 Å². The van der Waals surface area contributed by atoms with Gasteiger partial charge in [-0.2, -0.15) is 0 Å². The Kier molecular flexibility index (Phi) is 6.41. The summed E-state index contributed by atoms with van der Waals surface area (Å²) in [5.41, 5.74) is 2.60. The van der Waals surface area contributed by atoms with Crippen LogP contribution in [0, 0.1) is 13.8 Å². The van der Waals surface area contributed by atoms with Crippen molar-refractivity contribution in [1.29, 1.82) is 0 Å². The molecule has 1 N–H and O–H groups in total. The molecule has 2 saturated heterocycles. The molecule has 1 amide bonds. The number of carbonyl (C=O) groups is 1. The standard InChI is InChI=1S/C23H30N4O3/c1-17-3-5-20(6-4-17)22(28)26-13-21-7-8-23(30-21)15-27(9-10-29-16-23)14-19-11-24-18(2)25-12-19/h3-6,11-12,21H,7-10,13-16H2,1-2H3,(H,26,28)/t21-,23+/m1/s1. The topological polar surface area (TPSA) is 76.6 Å². The third-order valence-corrected chi connectivity index (χ3v) is 5.81. The van der Waals surface area contributed by atoms with Gasteiger partial charge in [0.1, 0.15) is 11.4 Å². The van der Waals surface area contributed by atoms with E-state index in [0.29, 0.717) is 25.3 Å². The average molecular weight is 411 g/mol. The maximum atomic E-state index is 12.4. The van der Waals surface area contributed by atoms with Gasteiger partial charge in [0.25, 0.3) is 5.91 Å². The Morgan fingerprint density at radius 1 is 1.23 bits per heavy atom. The minimum atomic E-state index is -0.318. The molecule has 0 unspecified atom stereocenters. The van der Waals surface area contributed by atoms with Gasteiger partial charge in [0.2, 0.25) is 0 Å². The molecular formula is C23H30N4O3. The summed E-state index contributed by atoms with van der Waals surface area (Å²) in [4.78, 5) is 23.4. The highest BCUT2D eigenvalue weighted by Gasteiger charge is 2.43. The van der Waals surface area contributed by atoms with Crippen LogP contribution in [0.3, 0.4) is 0 Å². The van der Waals surface area contributed by atoms with E-state index in [1.807, 2.05) is 50.5 Å². The van der Waals surface area contributed by atoms with Gasteiger partial charge >= 0.3 is 0 Å². The van der Waals surface area contributed by atoms with Crippen molar-refractivity contribution in [2.45, 2.75) is 44.9 Å². The molecule has 7 heteroatoms. The van der Waals surface area contributed by atoms with Gasteiger partial charge in [-0.1, -0.05) is 17.7 Å². The Hall–Kier alpha value is -2.35. The molecule has 7 nitrogen and oxygen atoms in total. The molecular weight excluding hydrogens is 380 g/mol. The molecule has 1 aromatic carbocycles. The van der Waals surface area contributed by atoms with Crippen molar-refractivity contribution >= 4 is 5.91 Å². The maximum absolute atomic E-state index is 12.4. The van der Waals surface area contributed by atoms with Gasteiger partial charge in [-0.25, -0.2) is 9.97 Å². The number of rotatable bonds is 5. The van der Waals surface area contributed by atoms with Crippen molar-refractivity contribution in [2.75, 3.05) is 32.8 Å². The Morgan fingerprint density at radius 3 is 2.77 bits per heavy atom. The molecule has 2 fully saturated rings. The number of aryl methyl sites for hydroxylation is 2. The van der Waals surface area contributed by atoms with E-state index in [0.717, 1.165) is 49.4 Å². The Bertz CT molecular complexity index is 856. The van der Waals surface area contributed by atoms with E-state index in [-0.39, 0.29) is 17.6 Å². The number of hydrogen-bond acceptors (Lipinski definition) is 6. The van der Waals surface area contributed by atoms with Gasteiger partial charge in [0.15, 0.2) is 0 Å². The smallest absolute Gasteiger partial charge is 0.251 e.